The summed E-state index contributed by atoms with van der Waals surface area (Å²) in [7, 11) is 0. The number of aromatic nitrogens is 6. The molecule has 0 saturated heterocycles. The van der Waals surface area contributed by atoms with E-state index in [9.17, 15) is 0 Å². The third-order valence-corrected chi connectivity index (χ3v) is 28.9. The first-order chi connectivity index (χ1) is 58.4. The van der Waals surface area contributed by atoms with E-state index in [-0.39, 0.29) is 0 Å². The average Bonchev–Trinajstić information content (AvgIpc) is 1.23. The van der Waals surface area contributed by atoms with Crippen molar-refractivity contribution >= 4 is 203 Å². The molecule has 6 aromatic heterocycles. The zero-order chi connectivity index (χ0) is 77.0. The molecule has 2 aliphatic heterocycles. The van der Waals surface area contributed by atoms with Gasteiger partial charge >= 0.3 is 0 Å². The lowest BCUT2D eigenvalue weighted by atomic mass is 9.85. The van der Waals surface area contributed by atoms with Crippen LogP contribution in [0.2, 0.25) is 0 Å². The lowest BCUT2D eigenvalue weighted by Gasteiger charge is -2.35. The molecule has 0 fully saturated rings. The van der Waals surface area contributed by atoms with E-state index in [0.717, 1.165) is 109 Å². The largest absolute Gasteiger partial charge is 0.309 e. The molecule has 0 amide bonds. The Labute approximate surface area is 691 Å². The summed E-state index contributed by atoms with van der Waals surface area (Å²) in [5.41, 5.74) is 19.2. The Bertz CT molecular complexity index is 8370. The van der Waals surface area contributed by atoms with Gasteiger partial charge in [0.2, 0.25) is 0 Å². The highest BCUT2D eigenvalue weighted by Gasteiger charge is 2.32. The van der Waals surface area contributed by atoms with Gasteiger partial charge in [-0.15, -0.1) is 45.3 Å². The van der Waals surface area contributed by atoms with Gasteiger partial charge in [0.05, 0.1) is 22.7 Å². The monoisotopic (exact) mass is 1570 g/mol. The van der Waals surface area contributed by atoms with Gasteiger partial charge in [-0.2, -0.15) is 0 Å². The van der Waals surface area contributed by atoms with Crippen LogP contribution in [-0.4, -0.2) is 29.9 Å². The third kappa shape index (κ3) is 9.98. The lowest BCUT2D eigenvalue weighted by molar-refractivity contribution is 1.07. The van der Waals surface area contributed by atoms with Gasteiger partial charge in [0.1, 0.15) is 0 Å². The van der Waals surface area contributed by atoms with E-state index in [0.29, 0.717) is 34.9 Å². The fourth-order valence-corrected chi connectivity index (χ4v) is 23.4. The summed E-state index contributed by atoms with van der Waals surface area (Å²) < 4.78 is 9.63. The minimum Gasteiger partial charge on any atom is -0.309 e. The second-order valence-corrected chi connectivity index (χ2v) is 35.0. The van der Waals surface area contributed by atoms with E-state index in [1.165, 1.54) is 115 Å². The molecule has 0 saturated carbocycles. The molecule has 546 valence electrons. The van der Waals surface area contributed by atoms with Crippen LogP contribution in [0, 0.1) is 0 Å². The van der Waals surface area contributed by atoms with Gasteiger partial charge in [-0.1, -0.05) is 224 Å². The number of hydrogen-bond acceptors (Lipinski definition) is 12. The van der Waals surface area contributed by atoms with Crippen LogP contribution in [0.25, 0.3) is 225 Å². The average molecular weight is 1570 g/mol. The molecule has 0 N–H and O–H groups in total. The SMILES string of the molecule is c1cc(-c2nc(-c3ccc4sc5ccccc5c4c3)nc(-c3ccc4sc5ccccc5c4c3)n2)cc(N2c3c(ccc4ccccc34)-c3ccc(-c4ccc5sc6c(-c7nc(-c8ccc(N9c%10c(ccc%11ccccc%10%11)-c%10cccc%11cccc9c%10%11)cc8)nc(-c8cccc9c8sc8ccccc89)n7)cccc6c5c4)c4cccc2c34)c1. The first-order valence-corrected chi connectivity index (χ1v) is 42.9. The second-order valence-electron chi connectivity index (χ2n) is 30.7. The molecule has 18 aromatic carbocycles. The van der Waals surface area contributed by atoms with E-state index in [1.807, 2.05) is 22.7 Å². The predicted molar refractivity (Wildman–Crippen MR) is 500 cm³/mol. The van der Waals surface area contributed by atoms with Gasteiger partial charge < -0.3 is 9.80 Å². The van der Waals surface area contributed by atoms with Crippen molar-refractivity contribution in [1.82, 2.24) is 29.9 Å². The highest BCUT2D eigenvalue weighted by atomic mass is 32.1. The van der Waals surface area contributed by atoms with Crippen molar-refractivity contribution in [2.45, 2.75) is 0 Å². The van der Waals surface area contributed by atoms with E-state index in [1.54, 1.807) is 22.7 Å². The quantitative estimate of drug-likeness (QED) is 0.141. The highest BCUT2D eigenvalue weighted by Crippen LogP contribution is 2.58. The van der Waals surface area contributed by atoms with Gasteiger partial charge in [0.25, 0.3) is 0 Å². The van der Waals surface area contributed by atoms with Crippen LogP contribution in [0.5, 0.6) is 0 Å². The standard InChI is InChI=1S/C106H58N8S4/c1-3-23-70-59(17-1)41-48-78-76-28-12-19-61-20-13-34-87(95(61)76)113(97(70)78)67-46-39-62(40-47-67)101-110-105(82-32-14-30-80-72-25-5-10-38-91(72)117-99(80)82)112-106(111-101)83-33-15-31-81-86-56-63(43-52-94(86)118-100(81)83)69-50-51-77-79-49-42-60-18-2-4-24-71(60)98(79)114(88-35-16-29-75(69)96(77)88)68-22-11-21-64(55-68)102-107-103(65-44-53-92-84(57-65)73-26-6-8-36-89(73)115-92)109-104(108-102)66-45-54-93-85(58-66)74-27-7-9-37-90(74)116-93/h1-58H. The first-order valence-electron chi connectivity index (χ1n) is 39.6. The number of anilines is 6. The molecule has 0 spiro atoms. The van der Waals surface area contributed by atoms with E-state index in [4.69, 9.17) is 29.9 Å². The van der Waals surface area contributed by atoms with Crippen LogP contribution >= 0.6 is 45.3 Å². The third-order valence-electron chi connectivity index (χ3n) is 24.2. The summed E-state index contributed by atoms with van der Waals surface area (Å²) in [6, 6.07) is 129. The second kappa shape index (κ2) is 25.5. The number of fused-ring (bicyclic) bond motifs is 20. The minimum absolute atomic E-state index is 0.594. The summed E-state index contributed by atoms with van der Waals surface area (Å²) >= 11 is 7.20. The van der Waals surface area contributed by atoms with Gasteiger partial charge in [0.15, 0.2) is 34.9 Å². The molecule has 118 heavy (non-hydrogen) atoms. The smallest absolute Gasteiger partial charge is 0.165 e. The normalized spacial score (nSPS) is 12.5. The Balaban J connectivity index is 0.606. The first kappa shape index (κ1) is 65.9. The molecule has 26 rings (SSSR count). The number of hydrogen-bond donors (Lipinski definition) is 0. The van der Waals surface area contributed by atoms with Gasteiger partial charge in [-0.05, 0) is 171 Å². The Kier molecular flexibility index (Phi) is 14.2. The van der Waals surface area contributed by atoms with E-state index >= 15 is 0 Å². The molecular formula is C106H58N8S4. The van der Waals surface area contributed by atoms with Gasteiger partial charge in [-0.25, -0.2) is 29.9 Å². The molecule has 2 aliphatic rings. The minimum atomic E-state index is 0.594. The van der Waals surface area contributed by atoms with Crippen LogP contribution in [0.4, 0.5) is 34.1 Å². The Morgan fingerprint density at radius 3 is 1.18 bits per heavy atom. The maximum absolute atomic E-state index is 5.57. The molecule has 0 bridgehead atoms. The molecular weight excluding hydrogens is 1510 g/mol. The fourth-order valence-electron chi connectivity index (χ4n) is 18.8. The molecule has 8 nitrogen and oxygen atoms in total. The maximum Gasteiger partial charge on any atom is 0.165 e. The van der Waals surface area contributed by atoms with Gasteiger partial charge in [-0.3, -0.25) is 0 Å². The lowest BCUT2D eigenvalue weighted by Crippen LogP contribution is -2.16. The molecule has 24 aromatic rings. The number of rotatable bonds is 9. The van der Waals surface area contributed by atoms with E-state index in [2.05, 4.69) is 362 Å². The zero-order valence-corrected chi connectivity index (χ0v) is 66.0. The van der Waals surface area contributed by atoms with Crippen LogP contribution in [0.1, 0.15) is 0 Å². The molecule has 0 atom stereocenters. The molecule has 0 unspecified atom stereocenters. The van der Waals surface area contributed by atoms with Crippen molar-refractivity contribution in [3.8, 4) is 102 Å². The summed E-state index contributed by atoms with van der Waals surface area (Å²) in [5.74, 6) is 3.69. The number of benzene rings is 18. The Hall–Kier alpha value is -14.5. The van der Waals surface area contributed by atoms with Crippen molar-refractivity contribution in [3.05, 3.63) is 352 Å². The van der Waals surface area contributed by atoms with Crippen molar-refractivity contribution < 1.29 is 0 Å². The topological polar surface area (TPSA) is 83.8 Å². The predicted octanol–water partition coefficient (Wildman–Crippen LogP) is 30.7. The van der Waals surface area contributed by atoms with Crippen molar-refractivity contribution in [3.63, 3.8) is 0 Å². The number of thiophene rings is 4. The van der Waals surface area contributed by atoms with E-state index < -0.39 is 0 Å². The maximum atomic E-state index is 5.57. The van der Waals surface area contributed by atoms with Crippen LogP contribution in [0.3, 0.4) is 0 Å². The molecule has 12 heteroatoms. The Morgan fingerprint density at radius 2 is 0.559 bits per heavy atom. The summed E-state index contributed by atoms with van der Waals surface area (Å²) in [5, 5.41) is 19.1. The van der Waals surface area contributed by atoms with Crippen molar-refractivity contribution in [2.24, 2.45) is 0 Å². The summed E-state index contributed by atoms with van der Waals surface area (Å²) in [6.45, 7) is 0. The van der Waals surface area contributed by atoms with Crippen LogP contribution in [0.15, 0.2) is 352 Å². The number of nitrogens with zero attached hydrogens (tertiary/aromatic N) is 8. The highest BCUT2D eigenvalue weighted by molar-refractivity contribution is 7.27. The van der Waals surface area contributed by atoms with Crippen molar-refractivity contribution in [1.29, 1.82) is 0 Å². The zero-order valence-electron chi connectivity index (χ0n) is 62.7. The molecule has 8 heterocycles. The summed E-state index contributed by atoms with van der Waals surface area (Å²) in [4.78, 5) is 37.9. The van der Waals surface area contributed by atoms with Crippen molar-refractivity contribution in [2.75, 3.05) is 9.80 Å². The van der Waals surface area contributed by atoms with Crippen LogP contribution in [-0.2, 0) is 0 Å². The Morgan fingerprint density at radius 1 is 0.186 bits per heavy atom. The molecule has 0 radical (unpaired) electrons. The van der Waals surface area contributed by atoms with Gasteiger partial charge in [0, 0.05) is 158 Å². The summed E-state index contributed by atoms with van der Waals surface area (Å²) in [6.07, 6.45) is 0. The molecule has 0 aliphatic carbocycles. The van der Waals surface area contributed by atoms with Crippen LogP contribution < -0.4 is 9.80 Å². The fraction of sp³-hybridized carbons (Fsp3) is 0.